The van der Waals surface area contributed by atoms with Gasteiger partial charge in [-0.3, -0.25) is 0 Å². The first-order chi connectivity index (χ1) is 7.82. The minimum Gasteiger partial charge on any atom is -0.396 e. The molecule has 0 aliphatic rings. The van der Waals surface area contributed by atoms with Gasteiger partial charge in [-0.15, -0.1) is 0 Å². The maximum atomic E-state index is 12.3. The van der Waals surface area contributed by atoms with Crippen molar-refractivity contribution >= 4 is 9.84 Å². The molecule has 3 nitrogen and oxygen atoms in total. The van der Waals surface area contributed by atoms with Crippen molar-refractivity contribution in [2.75, 3.05) is 12.4 Å². The van der Waals surface area contributed by atoms with Gasteiger partial charge in [-0.1, -0.05) is 39.0 Å². The van der Waals surface area contributed by atoms with E-state index in [-0.39, 0.29) is 12.4 Å². The Bertz CT molecular complexity index is 475. The molecule has 0 aromatic heterocycles. The lowest BCUT2D eigenvalue weighted by molar-refractivity contribution is 0.179. The van der Waals surface area contributed by atoms with Crippen molar-refractivity contribution in [1.29, 1.82) is 0 Å². The summed E-state index contributed by atoms with van der Waals surface area (Å²) < 4.78 is 24.6. The van der Waals surface area contributed by atoms with Gasteiger partial charge < -0.3 is 5.11 Å². The van der Waals surface area contributed by atoms with Crippen LogP contribution in [0.1, 0.15) is 26.3 Å². The van der Waals surface area contributed by atoms with Crippen LogP contribution in [-0.2, 0) is 16.3 Å². The van der Waals surface area contributed by atoms with Crippen molar-refractivity contribution in [3.63, 3.8) is 0 Å². The van der Waals surface area contributed by atoms with Gasteiger partial charge in [0.2, 0.25) is 0 Å². The highest BCUT2D eigenvalue weighted by Crippen LogP contribution is 2.24. The molecule has 96 valence electrons. The first-order valence-corrected chi connectivity index (χ1v) is 7.39. The Morgan fingerprint density at radius 2 is 1.82 bits per heavy atom. The van der Waals surface area contributed by atoms with Gasteiger partial charge in [-0.2, -0.15) is 0 Å². The van der Waals surface area contributed by atoms with Gasteiger partial charge in [0.1, 0.15) is 0 Å². The molecule has 0 heterocycles. The molecule has 4 heteroatoms. The van der Waals surface area contributed by atoms with E-state index in [9.17, 15) is 8.42 Å². The third kappa shape index (κ3) is 3.54. The van der Waals surface area contributed by atoms with E-state index < -0.39 is 15.3 Å². The Kier molecular flexibility index (Phi) is 4.33. The summed E-state index contributed by atoms with van der Waals surface area (Å²) in [6, 6.07) is 7.05. The Labute approximate surface area is 103 Å². The van der Waals surface area contributed by atoms with Gasteiger partial charge in [0.15, 0.2) is 9.84 Å². The summed E-state index contributed by atoms with van der Waals surface area (Å²) in [5.74, 6) is -0.0342. The van der Waals surface area contributed by atoms with Gasteiger partial charge in [0.05, 0.1) is 10.6 Å². The monoisotopic (exact) mass is 256 g/mol. The van der Waals surface area contributed by atoms with Gasteiger partial charge in [0.25, 0.3) is 0 Å². The van der Waals surface area contributed by atoms with Crippen molar-refractivity contribution in [3.05, 3.63) is 29.8 Å². The molecular formula is C13H20O3S. The lowest BCUT2D eigenvalue weighted by Gasteiger charge is -2.22. The van der Waals surface area contributed by atoms with Crippen LogP contribution in [0.25, 0.3) is 0 Å². The lowest BCUT2D eigenvalue weighted by Crippen LogP contribution is -2.28. The van der Waals surface area contributed by atoms with E-state index in [0.29, 0.717) is 11.3 Å². The molecule has 0 radical (unpaired) electrons. The Morgan fingerprint density at radius 3 is 2.35 bits per heavy atom. The average Bonchev–Trinajstić information content (AvgIpc) is 2.28. The van der Waals surface area contributed by atoms with Crippen molar-refractivity contribution in [1.82, 2.24) is 0 Å². The fourth-order valence-electron chi connectivity index (χ4n) is 1.74. The molecule has 0 saturated heterocycles. The number of sulfone groups is 1. The molecular weight excluding hydrogens is 236 g/mol. The number of benzene rings is 1. The molecule has 0 atom stereocenters. The van der Waals surface area contributed by atoms with E-state index >= 15 is 0 Å². The molecule has 0 unspecified atom stereocenters. The molecule has 0 aliphatic carbocycles. The zero-order valence-corrected chi connectivity index (χ0v) is 11.4. The summed E-state index contributed by atoms with van der Waals surface area (Å²) in [5, 5.41) is 9.17. The maximum Gasteiger partial charge on any atom is 0.179 e. The smallest absolute Gasteiger partial charge is 0.179 e. The highest BCUT2D eigenvalue weighted by molar-refractivity contribution is 7.91. The Hall–Kier alpha value is -0.870. The fraction of sp³-hybridized carbons (Fsp3) is 0.538. The third-order valence-electron chi connectivity index (χ3n) is 2.70. The zero-order chi connectivity index (χ0) is 13.1. The van der Waals surface area contributed by atoms with Crippen LogP contribution in [-0.4, -0.2) is 25.9 Å². The Balaban J connectivity index is 3.14. The molecule has 1 N–H and O–H groups in total. The number of aryl methyl sites for hydroxylation is 1. The quantitative estimate of drug-likeness (QED) is 0.877. The van der Waals surface area contributed by atoms with E-state index in [1.54, 1.807) is 26.0 Å². The molecule has 17 heavy (non-hydrogen) atoms. The van der Waals surface area contributed by atoms with E-state index in [0.717, 1.165) is 5.56 Å². The maximum absolute atomic E-state index is 12.3. The van der Waals surface area contributed by atoms with Crippen LogP contribution in [0.5, 0.6) is 0 Å². The molecule has 0 saturated carbocycles. The fourth-order valence-corrected chi connectivity index (χ4v) is 3.91. The third-order valence-corrected chi connectivity index (χ3v) is 4.93. The number of aliphatic hydroxyl groups excluding tert-OH is 1. The summed E-state index contributed by atoms with van der Waals surface area (Å²) in [4.78, 5) is 0.393. The summed E-state index contributed by atoms with van der Waals surface area (Å²) in [5.41, 5.74) is 0.223. The second-order valence-corrected chi connectivity index (χ2v) is 7.00. The predicted molar refractivity (Wildman–Crippen MR) is 68.7 cm³/mol. The van der Waals surface area contributed by atoms with Crippen LogP contribution >= 0.6 is 0 Å². The van der Waals surface area contributed by atoms with Gasteiger partial charge in [-0.05, 0) is 18.1 Å². The van der Waals surface area contributed by atoms with Crippen LogP contribution in [0, 0.1) is 5.41 Å². The molecule has 0 amide bonds. The number of hydrogen-bond acceptors (Lipinski definition) is 3. The molecule has 0 fully saturated rings. The van der Waals surface area contributed by atoms with Crippen molar-refractivity contribution < 1.29 is 13.5 Å². The normalized spacial score (nSPS) is 12.7. The number of aliphatic hydroxyl groups is 1. The van der Waals surface area contributed by atoms with Gasteiger partial charge in [0, 0.05) is 12.0 Å². The van der Waals surface area contributed by atoms with E-state index in [1.807, 2.05) is 19.1 Å². The van der Waals surface area contributed by atoms with Gasteiger partial charge in [-0.25, -0.2) is 8.42 Å². The van der Waals surface area contributed by atoms with Crippen LogP contribution in [0.3, 0.4) is 0 Å². The number of rotatable bonds is 5. The SMILES string of the molecule is CCc1ccccc1S(=O)(=O)CC(C)(C)CO. The molecule has 0 spiro atoms. The largest absolute Gasteiger partial charge is 0.396 e. The summed E-state index contributed by atoms with van der Waals surface area (Å²) in [6.07, 6.45) is 0.689. The zero-order valence-electron chi connectivity index (χ0n) is 10.6. The first kappa shape index (κ1) is 14.2. The highest BCUT2D eigenvalue weighted by atomic mass is 32.2. The van der Waals surface area contributed by atoms with E-state index in [1.165, 1.54) is 0 Å². The predicted octanol–water partition coefficient (Wildman–Crippen LogP) is 2.04. The Morgan fingerprint density at radius 1 is 1.24 bits per heavy atom. The van der Waals surface area contributed by atoms with Crippen molar-refractivity contribution in [3.8, 4) is 0 Å². The topological polar surface area (TPSA) is 54.4 Å². The standard InChI is InChI=1S/C13H20O3S/c1-4-11-7-5-6-8-12(11)17(15,16)10-13(2,3)9-14/h5-8,14H,4,9-10H2,1-3H3. The van der Waals surface area contributed by atoms with Crippen molar-refractivity contribution in [2.45, 2.75) is 32.1 Å². The minimum absolute atomic E-state index is 0.0342. The first-order valence-electron chi connectivity index (χ1n) is 5.74. The summed E-state index contributed by atoms with van der Waals surface area (Å²) in [7, 11) is -3.33. The summed E-state index contributed by atoms with van der Waals surface area (Å²) in [6.45, 7) is 5.30. The van der Waals surface area contributed by atoms with E-state index in [2.05, 4.69) is 0 Å². The van der Waals surface area contributed by atoms with Gasteiger partial charge >= 0.3 is 0 Å². The molecule has 1 rings (SSSR count). The van der Waals surface area contributed by atoms with Crippen molar-refractivity contribution in [2.24, 2.45) is 5.41 Å². The lowest BCUT2D eigenvalue weighted by atomic mass is 9.98. The molecule has 0 aliphatic heterocycles. The second-order valence-electron chi connectivity index (χ2n) is 5.04. The average molecular weight is 256 g/mol. The van der Waals surface area contributed by atoms with Crippen LogP contribution in [0.4, 0.5) is 0 Å². The molecule has 0 bridgehead atoms. The number of hydrogen-bond donors (Lipinski definition) is 1. The van der Waals surface area contributed by atoms with Crippen LogP contribution in [0.2, 0.25) is 0 Å². The van der Waals surface area contributed by atoms with E-state index in [4.69, 9.17) is 5.11 Å². The second kappa shape index (κ2) is 5.19. The minimum atomic E-state index is -3.33. The molecule has 1 aromatic rings. The van der Waals surface area contributed by atoms with Crippen LogP contribution in [0.15, 0.2) is 29.2 Å². The molecule has 1 aromatic carbocycles. The summed E-state index contributed by atoms with van der Waals surface area (Å²) >= 11 is 0. The highest BCUT2D eigenvalue weighted by Gasteiger charge is 2.28. The van der Waals surface area contributed by atoms with Crippen LogP contribution < -0.4 is 0 Å².